The van der Waals surface area contributed by atoms with Gasteiger partial charge in [0.05, 0.1) is 0 Å². The van der Waals surface area contributed by atoms with Crippen LogP contribution in [0, 0.1) is 0 Å². The monoisotopic (exact) mass is 305 g/mol. The fourth-order valence-electron chi connectivity index (χ4n) is 2.85. The molecule has 0 spiro atoms. The third-order valence-corrected chi connectivity index (χ3v) is 4.28. The van der Waals surface area contributed by atoms with E-state index < -0.39 is 0 Å². The number of unbranched alkanes of at least 4 members (excludes halogenated alkanes) is 6. The maximum atomic E-state index is 11.8. The zero-order valence-corrected chi connectivity index (χ0v) is 14.6. The lowest BCUT2D eigenvalue weighted by Crippen LogP contribution is -2.27. The Hall–Kier alpha value is -1.05. The molecule has 2 nitrogen and oxygen atoms in total. The average Bonchev–Trinajstić information content (AvgIpc) is 3.06. The lowest BCUT2D eigenvalue weighted by molar-refractivity contribution is -0.130. The van der Waals surface area contributed by atoms with Crippen molar-refractivity contribution in [1.82, 2.24) is 4.90 Å². The van der Waals surface area contributed by atoms with Crippen molar-refractivity contribution in [3.8, 4) is 0 Å². The van der Waals surface area contributed by atoms with E-state index in [1.165, 1.54) is 44.9 Å². The largest absolute Gasteiger partial charge is 0.343 e. The molecular formula is C20H35NO. The molecule has 0 atom stereocenters. The number of hydrogen-bond acceptors (Lipinski definition) is 1. The Morgan fingerprint density at radius 1 is 0.818 bits per heavy atom. The van der Waals surface area contributed by atoms with Crippen molar-refractivity contribution in [3.05, 3.63) is 24.3 Å². The van der Waals surface area contributed by atoms with Crippen LogP contribution < -0.4 is 0 Å². The molecule has 1 aliphatic heterocycles. The van der Waals surface area contributed by atoms with Gasteiger partial charge in [-0.1, -0.05) is 50.5 Å². The van der Waals surface area contributed by atoms with Gasteiger partial charge in [0.1, 0.15) is 0 Å². The van der Waals surface area contributed by atoms with Crippen molar-refractivity contribution >= 4 is 5.91 Å². The number of amides is 1. The summed E-state index contributed by atoms with van der Waals surface area (Å²) in [5, 5.41) is 0. The van der Waals surface area contributed by atoms with E-state index in [0.29, 0.717) is 5.91 Å². The van der Waals surface area contributed by atoms with Crippen LogP contribution in [0.1, 0.15) is 84.0 Å². The summed E-state index contributed by atoms with van der Waals surface area (Å²) in [4.78, 5) is 13.9. The van der Waals surface area contributed by atoms with Gasteiger partial charge in [0.2, 0.25) is 5.91 Å². The molecule has 0 bridgehead atoms. The molecule has 22 heavy (non-hydrogen) atoms. The lowest BCUT2D eigenvalue weighted by atomic mass is 10.1. The summed E-state index contributed by atoms with van der Waals surface area (Å²) >= 11 is 0. The van der Waals surface area contributed by atoms with Crippen LogP contribution in [0.2, 0.25) is 0 Å². The van der Waals surface area contributed by atoms with Gasteiger partial charge in [0.15, 0.2) is 0 Å². The predicted molar refractivity (Wildman–Crippen MR) is 95.9 cm³/mol. The van der Waals surface area contributed by atoms with Gasteiger partial charge in [-0.2, -0.15) is 0 Å². The number of hydrogen-bond donors (Lipinski definition) is 0. The second-order valence-corrected chi connectivity index (χ2v) is 6.35. The van der Waals surface area contributed by atoms with E-state index in [4.69, 9.17) is 0 Å². The van der Waals surface area contributed by atoms with E-state index in [-0.39, 0.29) is 0 Å². The van der Waals surface area contributed by atoms with Crippen molar-refractivity contribution < 1.29 is 4.79 Å². The standard InChI is InChI=1S/C20H35NO/c1-2-3-4-5-6-7-8-9-10-11-12-13-14-17-20(22)21-18-15-16-19-21/h7-8,11-12H,2-6,9-10,13-19H2,1H3/b8-7-,12-11-. The third kappa shape index (κ3) is 9.81. The molecule has 0 aromatic carbocycles. The number of allylic oxidation sites excluding steroid dienone is 4. The number of carbonyl (C=O) groups is 1. The highest BCUT2D eigenvalue weighted by Gasteiger charge is 2.16. The topological polar surface area (TPSA) is 20.3 Å². The first kappa shape index (κ1) is 19.0. The molecule has 1 saturated heterocycles. The second-order valence-electron chi connectivity index (χ2n) is 6.35. The molecule has 1 fully saturated rings. The normalized spacial score (nSPS) is 15.4. The first-order valence-corrected chi connectivity index (χ1v) is 9.42. The summed E-state index contributed by atoms with van der Waals surface area (Å²) < 4.78 is 0. The Labute approximate surface area is 137 Å². The average molecular weight is 306 g/mol. The minimum Gasteiger partial charge on any atom is -0.343 e. The van der Waals surface area contributed by atoms with Crippen LogP contribution in [0.5, 0.6) is 0 Å². The van der Waals surface area contributed by atoms with E-state index in [0.717, 1.165) is 45.2 Å². The Morgan fingerprint density at radius 2 is 1.41 bits per heavy atom. The van der Waals surface area contributed by atoms with Crippen LogP contribution in [-0.2, 0) is 4.79 Å². The summed E-state index contributed by atoms with van der Waals surface area (Å²) in [5.74, 6) is 0.358. The molecule has 0 aromatic rings. The van der Waals surface area contributed by atoms with E-state index >= 15 is 0 Å². The van der Waals surface area contributed by atoms with Crippen LogP contribution in [0.15, 0.2) is 24.3 Å². The zero-order chi connectivity index (χ0) is 15.9. The van der Waals surface area contributed by atoms with Crippen LogP contribution in [0.3, 0.4) is 0 Å². The minimum absolute atomic E-state index is 0.358. The number of rotatable bonds is 12. The number of likely N-dealkylation sites (tertiary alicyclic amines) is 1. The molecule has 1 rings (SSSR count). The van der Waals surface area contributed by atoms with Crippen molar-refractivity contribution in [2.24, 2.45) is 0 Å². The Bertz CT molecular complexity index is 327. The molecule has 0 radical (unpaired) electrons. The lowest BCUT2D eigenvalue weighted by Gasteiger charge is -2.14. The molecule has 1 amide bonds. The SMILES string of the molecule is CCCCCC/C=C\CC/C=C\CCCC(=O)N1CCCC1. The fraction of sp³-hybridized carbons (Fsp3) is 0.750. The molecule has 0 saturated carbocycles. The van der Waals surface area contributed by atoms with Gasteiger partial charge < -0.3 is 4.90 Å². The van der Waals surface area contributed by atoms with Gasteiger partial charge in [-0.25, -0.2) is 0 Å². The molecule has 1 aliphatic rings. The van der Waals surface area contributed by atoms with Crippen molar-refractivity contribution in [1.29, 1.82) is 0 Å². The Morgan fingerprint density at radius 3 is 2.05 bits per heavy atom. The highest BCUT2D eigenvalue weighted by molar-refractivity contribution is 5.76. The summed E-state index contributed by atoms with van der Waals surface area (Å²) in [7, 11) is 0. The highest BCUT2D eigenvalue weighted by Crippen LogP contribution is 2.11. The van der Waals surface area contributed by atoms with Gasteiger partial charge in [-0.05, 0) is 51.4 Å². The Balaban J connectivity index is 1.87. The summed E-state index contributed by atoms with van der Waals surface area (Å²) in [6.07, 6.45) is 23.2. The van der Waals surface area contributed by atoms with Crippen molar-refractivity contribution in [3.63, 3.8) is 0 Å². The van der Waals surface area contributed by atoms with Gasteiger partial charge in [-0.3, -0.25) is 4.79 Å². The quantitative estimate of drug-likeness (QED) is 0.337. The van der Waals surface area contributed by atoms with Crippen LogP contribution in [0.4, 0.5) is 0 Å². The van der Waals surface area contributed by atoms with E-state index in [1.54, 1.807) is 0 Å². The summed E-state index contributed by atoms with van der Waals surface area (Å²) in [6.45, 7) is 4.23. The maximum Gasteiger partial charge on any atom is 0.222 e. The molecular weight excluding hydrogens is 270 g/mol. The van der Waals surface area contributed by atoms with Crippen LogP contribution >= 0.6 is 0 Å². The zero-order valence-electron chi connectivity index (χ0n) is 14.6. The van der Waals surface area contributed by atoms with Gasteiger partial charge >= 0.3 is 0 Å². The Kier molecular flexibility index (Phi) is 11.7. The fourth-order valence-corrected chi connectivity index (χ4v) is 2.85. The maximum absolute atomic E-state index is 11.8. The predicted octanol–water partition coefficient (Wildman–Crippen LogP) is 5.64. The summed E-state index contributed by atoms with van der Waals surface area (Å²) in [5.41, 5.74) is 0. The number of carbonyl (C=O) groups excluding carboxylic acids is 1. The molecule has 1 heterocycles. The molecule has 0 aliphatic carbocycles. The molecule has 126 valence electrons. The third-order valence-electron chi connectivity index (χ3n) is 4.28. The van der Waals surface area contributed by atoms with Crippen LogP contribution in [0.25, 0.3) is 0 Å². The molecule has 0 aromatic heterocycles. The van der Waals surface area contributed by atoms with Gasteiger partial charge in [0.25, 0.3) is 0 Å². The first-order valence-electron chi connectivity index (χ1n) is 9.42. The van der Waals surface area contributed by atoms with Crippen molar-refractivity contribution in [2.75, 3.05) is 13.1 Å². The first-order chi connectivity index (χ1) is 10.8. The van der Waals surface area contributed by atoms with Gasteiger partial charge in [-0.15, -0.1) is 0 Å². The number of nitrogens with zero attached hydrogens (tertiary/aromatic N) is 1. The molecule has 0 unspecified atom stereocenters. The second kappa shape index (κ2) is 13.6. The highest BCUT2D eigenvalue weighted by atomic mass is 16.2. The molecule has 0 N–H and O–H groups in total. The van der Waals surface area contributed by atoms with E-state index in [1.807, 2.05) is 4.90 Å². The van der Waals surface area contributed by atoms with E-state index in [2.05, 4.69) is 31.2 Å². The molecule has 2 heteroatoms. The van der Waals surface area contributed by atoms with E-state index in [9.17, 15) is 4.79 Å². The van der Waals surface area contributed by atoms with Gasteiger partial charge in [0, 0.05) is 19.5 Å². The smallest absolute Gasteiger partial charge is 0.222 e. The van der Waals surface area contributed by atoms with Crippen molar-refractivity contribution in [2.45, 2.75) is 84.0 Å². The van der Waals surface area contributed by atoms with Crippen LogP contribution in [-0.4, -0.2) is 23.9 Å². The minimum atomic E-state index is 0.358. The summed E-state index contributed by atoms with van der Waals surface area (Å²) in [6, 6.07) is 0.